The van der Waals surface area contributed by atoms with Crippen LogP contribution in [0.4, 0.5) is 0 Å². The predicted octanol–water partition coefficient (Wildman–Crippen LogP) is 19.2. The predicted molar refractivity (Wildman–Crippen MR) is 292 cm³/mol. The van der Waals surface area contributed by atoms with E-state index in [2.05, 4.69) is 261 Å². The molecule has 0 amide bonds. The Morgan fingerprint density at radius 3 is 1.20 bits per heavy atom. The van der Waals surface area contributed by atoms with E-state index in [-0.39, 0.29) is 0 Å². The Bertz CT molecular complexity index is 4020. The molecule has 1 heteroatoms. The van der Waals surface area contributed by atoms with E-state index in [9.17, 15) is 0 Å². The molecule has 69 heavy (non-hydrogen) atoms. The van der Waals surface area contributed by atoms with Gasteiger partial charge in [0, 0.05) is 16.5 Å². The molecule has 0 N–H and O–H groups in total. The number of benzene rings is 12. The zero-order valence-corrected chi connectivity index (χ0v) is 37.8. The number of hydrogen-bond donors (Lipinski definition) is 0. The molecule has 13 aromatic rings. The first kappa shape index (κ1) is 40.3. The van der Waals surface area contributed by atoms with Crippen molar-refractivity contribution in [2.75, 3.05) is 0 Å². The van der Waals surface area contributed by atoms with Crippen LogP contribution in [-0.2, 0) is 0 Å². The van der Waals surface area contributed by atoms with Gasteiger partial charge in [0.05, 0.1) is 0 Å². The SMILES string of the molecule is c1ccc(-c2ccc3c(-c4cccc(-c5ccc6ccccc6c5)c4)c4cc(-c5ccccc5)ccc4c(-c4ccc(-c5ccc6oc(-c7ccccc7)c(-c7ccccc7)c6c5)cc4)c3c2)cc1. The van der Waals surface area contributed by atoms with Crippen LogP contribution in [0.1, 0.15) is 0 Å². The minimum Gasteiger partial charge on any atom is -0.455 e. The van der Waals surface area contributed by atoms with Crippen LogP contribution in [0.25, 0.3) is 132 Å². The van der Waals surface area contributed by atoms with Gasteiger partial charge >= 0.3 is 0 Å². The van der Waals surface area contributed by atoms with Gasteiger partial charge in [-0.05, 0) is 141 Å². The van der Waals surface area contributed by atoms with Gasteiger partial charge in [0.1, 0.15) is 11.3 Å². The van der Waals surface area contributed by atoms with Crippen LogP contribution in [0.5, 0.6) is 0 Å². The summed E-state index contributed by atoms with van der Waals surface area (Å²) in [6.45, 7) is 0. The van der Waals surface area contributed by atoms with Crippen molar-refractivity contribution in [1.82, 2.24) is 0 Å². The zero-order chi connectivity index (χ0) is 45.7. The van der Waals surface area contributed by atoms with Gasteiger partial charge in [-0.2, -0.15) is 0 Å². The van der Waals surface area contributed by atoms with Gasteiger partial charge in [0.25, 0.3) is 0 Å². The Labute approximate surface area is 401 Å². The van der Waals surface area contributed by atoms with Crippen molar-refractivity contribution in [3.63, 3.8) is 0 Å². The lowest BCUT2D eigenvalue weighted by atomic mass is 9.83. The topological polar surface area (TPSA) is 13.1 Å². The van der Waals surface area contributed by atoms with Crippen LogP contribution >= 0.6 is 0 Å². The molecule has 322 valence electrons. The normalized spacial score (nSPS) is 11.5. The van der Waals surface area contributed by atoms with Gasteiger partial charge in [-0.1, -0.05) is 231 Å². The molecule has 0 unspecified atom stereocenters. The van der Waals surface area contributed by atoms with Crippen molar-refractivity contribution in [1.29, 1.82) is 0 Å². The summed E-state index contributed by atoms with van der Waals surface area (Å²) in [6.07, 6.45) is 0. The molecule has 0 aliphatic heterocycles. The summed E-state index contributed by atoms with van der Waals surface area (Å²) in [4.78, 5) is 0. The molecule has 12 aromatic carbocycles. The molecule has 0 aliphatic rings. The third-order valence-corrected chi connectivity index (χ3v) is 13.9. The molecule has 0 aliphatic carbocycles. The fourth-order valence-electron chi connectivity index (χ4n) is 10.5. The Hall–Kier alpha value is -9.04. The quantitative estimate of drug-likeness (QED) is 0.139. The first-order valence-corrected chi connectivity index (χ1v) is 23.7. The lowest BCUT2D eigenvalue weighted by molar-refractivity contribution is 0.632. The minimum absolute atomic E-state index is 0.873. The maximum absolute atomic E-state index is 6.65. The summed E-state index contributed by atoms with van der Waals surface area (Å²) < 4.78 is 6.65. The highest BCUT2D eigenvalue weighted by Gasteiger charge is 2.21. The van der Waals surface area contributed by atoms with E-state index in [0.29, 0.717) is 0 Å². The molecule has 0 radical (unpaired) electrons. The van der Waals surface area contributed by atoms with Crippen LogP contribution in [-0.4, -0.2) is 0 Å². The second kappa shape index (κ2) is 17.0. The smallest absolute Gasteiger partial charge is 0.143 e. The van der Waals surface area contributed by atoms with Crippen LogP contribution in [0.2, 0.25) is 0 Å². The van der Waals surface area contributed by atoms with E-state index in [1.54, 1.807) is 0 Å². The zero-order valence-electron chi connectivity index (χ0n) is 37.8. The van der Waals surface area contributed by atoms with Gasteiger partial charge in [-0.25, -0.2) is 0 Å². The molecule has 1 heterocycles. The van der Waals surface area contributed by atoms with Crippen molar-refractivity contribution in [2.45, 2.75) is 0 Å². The van der Waals surface area contributed by atoms with Gasteiger partial charge in [-0.15, -0.1) is 0 Å². The highest BCUT2D eigenvalue weighted by molar-refractivity contribution is 6.22. The molecular formula is C68H44O. The lowest BCUT2D eigenvalue weighted by Gasteiger charge is -2.20. The largest absolute Gasteiger partial charge is 0.455 e. The Morgan fingerprint density at radius 2 is 0.580 bits per heavy atom. The van der Waals surface area contributed by atoms with Crippen LogP contribution in [0.15, 0.2) is 271 Å². The third kappa shape index (κ3) is 7.29. The molecule has 13 rings (SSSR count). The van der Waals surface area contributed by atoms with E-state index in [0.717, 1.165) is 44.5 Å². The van der Waals surface area contributed by atoms with Gasteiger partial charge < -0.3 is 4.42 Å². The first-order valence-electron chi connectivity index (χ1n) is 23.7. The minimum atomic E-state index is 0.873. The summed E-state index contributed by atoms with van der Waals surface area (Å²) >= 11 is 0. The maximum atomic E-state index is 6.65. The van der Waals surface area contributed by atoms with Crippen molar-refractivity contribution in [3.05, 3.63) is 267 Å². The van der Waals surface area contributed by atoms with E-state index in [1.807, 2.05) is 6.07 Å². The summed E-state index contributed by atoms with van der Waals surface area (Å²) in [7, 11) is 0. The average molecular weight is 877 g/mol. The fraction of sp³-hybridized carbons (Fsp3) is 0. The average Bonchev–Trinajstić information content (AvgIpc) is 3.82. The highest BCUT2D eigenvalue weighted by Crippen LogP contribution is 2.48. The molecule has 1 nitrogen and oxygen atoms in total. The van der Waals surface area contributed by atoms with Crippen LogP contribution in [0.3, 0.4) is 0 Å². The molecular weight excluding hydrogens is 833 g/mol. The van der Waals surface area contributed by atoms with Crippen molar-refractivity contribution < 1.29 is 4.42 Å². The number of hydrogen-bond acceptors (Lipinski definition) is 1. The monoisotopic (exact) mass is 876 g/mol. The van der Waals surface area contributed by atoms with Crippen LogP contribution < -0.4 is 0 Å². The van der Waals surface area contributed by atoms with E-state index >= 15 is 0 Å². The second-order valence-corrected chi connectivity index (χ2v) is 18.0. The third-order valence-electron chi connectivity index (χ3n) is 13.9. The van der Waals surface area contributed by atoms with E-state index < -0.39 is 0 Å². The molecule has 0 bridgehead atoms. The molecule has 0 fully saturated rings. The standard InChI is InChI=1S/C68H44O/c1-5-16-45(17-6-1)55-35-38-60-61(42-55)65(50-31-28-48(29-32-50)57-36-39-64-63(44-57)67(49-21-9-3-10-22-49)68(69-64)51-23-11-4-12-24-51)59-37-34-56(46-18-7-2-8-19-46)43-62(59)66(60)58-27-15-26-53(41-58)54-33-30-47-20-13-14-25-52(47)40-54/h1-44H. The van der Waals surface area contributed by atoms with Crippen molar-refractivity contribution >= 4 is 43.3 Å². The Balaban J connectivity index is 1.01. The molecule has 1 aromatic heterocycles. The van der Waals surface area contributed by atoms with E-state index in [4.69, 9.17) is 4.42 Å². The maximum Gasteiger partial charge on any atom is 0.143 e. The Morgan fingerprint density at radius 1 is 0.188 bits per heavy atom. The molecule has 0 saturated heterocycles. The van der Waals surface area contributed by atoms with Gasteiger partial charge in [0.15, 0.2) is 0 Å². The van der Waals surface area contributed by atoms with Crippen molar-refractivity contribution in [3.8, 4) is 89.2 Å². The van der Waals surface area contributed by atoms with Gasteiger partial charge in [-0.3, -0.25) is 0 Å². The fourth-order valence-corrected chi connectivity index (χ4v) is 10.5. The van der Waals surface area contributed by atoms with Gasteiger partial charge in [0.2, 0.25) is 0 Å². The summed E-state index contributed by atoms with van der Waals surface area (Å²) in [5.41, 5.74) is 18.5. The summed E-state index contributed by atoms with van der Waals surface area (Å²) in [5.74, 6) is 0.886. The molecule has 0 spiro atoms. The number of fused-ring (bicyclic) bond motifs is 4. The second-order valence-electron chi connectivity index (χ2n) is 18.0. The lowest BCUT2D eigenvalue weighted by Crippen LogP contribution is -1.93. The number of furan rings is 1. The summed E-state index contributed by atoms with van der Waals surface area (Å²) in [5, 5.41) is 8.46. The first-order chi connectivity index (χ1) is 34.2. The Kier molecular flexibility index (Phi) is 9.91. The van der Waals surface area contributed by atoms with Crippen LogP contribution in [0, 0.1) is 0 Å². The summed E-state index contributed by atoms with van der Waals surface area (Å²) in [6, 6.07) is 97.0. The van der Waals surface area contributed by atoms with E-state index in [1.165, 1.54) is 88.0 Å². The highest BCUT2D eigenvalue weighted by atomic mass is 16.3. The number of rotatable bonds is 8. The van der Waals surface area contributed by atoms with Crippen molar-refractivity contribution in [2.24, 2.45) is 0 Å². The molecule has 0 atom stereocenters. The molecule has 0 saturated carbocycles.